The molecule has 2 atom stereocenters. The zero-order chi connectivity index (χ0) is 21.2. The molecule has 4 nitrogen and oxygen atoms in total. The van der Waals surface area contributed by atoms with E-state index in [4.69, 9.17) is 9.47 Å². The lowest BCUT2D eigenvalue weighted by Gasteiger charge is -2.26. The maximum absolute atomic E-state index is 13.0. The van der Waals surface area contributed by atoms with Crippen molar-refractivity contribution in [2.24, 2.45) is 0 Å². The van der Waals surface area contributed by atoms with Crippen LogP contribution in [0.2, 0.25) is 0 Å². The maximum atomic E-state index is 13.0. The van der Waals surface area contributed by atoms with E-state index in [-0.39, 0.29) is 12.0 Å². The molecule has 0 spiro atoms. The number of carbonyl (C=O) groups excluding carboxylic acids is 1. The molecular formula is C26H27NO3. The molecule has 0 unspecified atom stereocenters. The fourth-order valence-electron chi connectivity index (χ4n) is 3.28. The number of rotatable bonds is 9. The summed E-state index contributed by atoms with van der Waals surface area (Å²) >= 11 is 0. The largest absolute Gasteiger partial charge is 0.497 e. The van der Waals surface area contributed by atoms with Gasteiger partial charge in [-0.2, -0.15) is 0 Å². The molecule has 0 fully saturated rings. The van der Waals surface area contributed by atoms with Crippen molar-refractivity contribution in [2.45, 2.75) is 18.9 Å². The van der Waals surface area contributed by atoms with Gasteiger partial charge < -0.3 is 14.8 Å². The van der Waals surface area contributed by atoms with Crippen molar-refractivity contribution in [1.29, 1.82) is 0 Å². The summed E-state index contributed by atoms with van der Waals surface area (Å²) in [5, 5.41) is 3.50. The summed E-state index contributed by atoms with van der Waals surface area (Å²) in [6.07, 6.45) is 4.05. The molecule has 0 radical (unpaired) electrons. The Bertz CT molecular complexity index is 937. The van der Waals surface area contributed by atoms with E-state index in [2.05, 4.69) is 5.32 Å². The molecule has 30 heavy (non-hydrogen) atoms. The van der Waals surface area contributed by atoms with Crippen LogP contribution >= 0.6 is 0 Å². The van der Waals surface area contributed by atoms with E-state index < -0.39 is 5.92 Å². The number of benzene rings is 3. The van der Waals surface area contributed by atoms with Gasteiger partial charge in [-0.05, 0) is 42.3 Å². The lowest BCUT2D eigenvalue weighted by atomic mass is 9.90. The third-order valence-corrected chi connectivity index (χ3v) is 4.78. The molecule has 0 saturated carbocycles. The van der Waals surface area contributed by atoms with Crippen LogP contribution in [0.5, 0.6) is 5.75 Å². The number of ether oxygens (including phenoxy) is 2. The fraction of sp³-hybridized carbons (Fsp3) is 0.192. The minimum Gasteiger partial charge on any atom is -0.497 e. The van der Waals surface area contributed by atoms with Gasteiger partial charge in [0.15, 0.2) is 0 Å². The molecule has 3 rings (SSSR count). The van der Waals surface area contributed by atoms with Crippen LogP contribution in [-0.4, -0.2) is 25.7 Å². The van der Waals surface area contributed by atoms with Crippen LogP contribution in [0, 0.1) is 0 Å². The van der Waals surface area contributed by atoms with E-state index >= 15 is 0 Å². The average Bonchev–Trinajstić information content (AvgIpc) is 2.79. The van der Waals surface area contributed by atoms with E-state index in [1.165, 1.54) is 0 Å². The first-order chi connectivity index (χ1) is 14.7. The minimum atomic E-state index is -0.492. The second-order valence-electron chi connectivity index (χ2n) is 6.81. The Hall–Kier alpha value is -3.53. The Balaban J connectivity index is 1.97. The first-order valence-corrected chi connectivity index (χ1v) is 10.1. The third kappa shape index (κ3) is 5.74. The van der Waals surface area contributed by atoms with Crippen molar-refractivity contribution in [3.8, 4) is 5.75 Å². The van der Waals surface area contributed by atoms with E-state index in [0.717, 1.165) is 22.6 Å². The SMILES string of the molecule is CCOC(=O)[C@H](c1ccccc1)[C@H](/C=C/c1ccccc1)Nc1ccc(OC)cc1. The minimum absolute atomic E-state index is 0.257. The molecule has 3 aromatic rings. The fourth-order valence-corrected chi connectivity index (χ4v) is 3.28. The Kier molecular flexibility index (Phi) is 7.67. The van der Waals surface area contributed by atoms with Gasteiger partial charge in [0.05, 0.1) is 19.8 Å². The molecule has 0 aliphatic heterocycles. The van der Waals surface area contributed by atoms with Gasteiger partial charge in [0.2, 0.25) is 0 Å². The van der Waals surface area contributed by atoms with Crippen LogP contribution in [0.4, 0.5) is 5.69 Å². The van der Waals surface area contributed by atoms with Crippen molar-refractivity contribution in [3.05, 3.63) is 102 Å². The quantitative estimate of drug-likeness (QED) is 0.479. The average molecular weight is 402 g/mol. The Morgan fingerprint density at radius 3 is 2.17 bits per heavy atom. The number of carbonyl (C=O) groups is 1. The number of esters is 1. The van der Waals surface area contributed by atoms with Crippen LogP contribution < -0.4 is 10.1 Å². The van der Waals surface area contributed by atoms with Gasteiger partial charge >= 0.3 is 5.97 Å². The van der Waals surface area contributed by atoms with Crippen LogP contribution in [0.25, 0.3) is 6.08 Å². The summed E-state index contributed by atoms with van der Waals surface area (Å²) in [6.45, 7) is 2.16. The monoisotopic (exact) mass is 401 g/mol. The van der Waals surface area contributed by atoms with Crippen LogP contribution in [-0.2, 0) is 9.53 Å². The second kappa shape index (κ2) is 10.9. The van der Waals surface area contributed by atoms with Gasteiger partial charge in [-0.3, -0.25) is 4.79 Å². The molecule has 154 valence electrons. The summed E-state index contributed by atoms with van der Waals surface area (Å²) in [7, 11) is 1.64. The maximum Gasteiger partial charge on any atom is 0.315 e. The highest BCUT2D eigenvalue weighted by molar-refractivity contribution is 5.81. The Morgan fingerprint density at radius 2 is 1.57 bits per heavy atom. The first kappa shape index (κ1) is 21.2. The summed E-state index contributed by atoms with van der Waals surface area (Å²) < 4.78 is 10.7. The van der Waals surface area contributed by atoms with Crippen LogP contribution in [0.1, 0.15) is 24.0 Å². The van der Waals surface area contributed by atoms with Crippen molar-refractivity contribution in [3.63, 3.8) is 0 Å². The molecule has 0 bridgehead atoms. The van der Waals surface area contributed by atoms with Gasteiger partial charge in [-0.1, -0.05) is 72.8 Å². The molecule has 0 aliphatic rings. The van der Waals surface area contributed by atoms with Crippen LogP contribution in [0.15, 0.2) is 91.0 Å². The van der Waals surface area contributed by atoms with Gasteiger partial charge in [0, 0.05) is 5.69 Å². The van der Waals surface area contributed by atoms with Crippen LogP contribution in [0.3, 0.4) is 0 Å². The topological polar surface area (TPSA) is 47.6 Å². The normalized spacial score (nSPS) is 12.9. The smallest absolute Gasteiger partial charge is 0.315 e. The summed E-state index contributed by atoms with van der Waals surface area (Å²) in [6, 6.07) is 27.1. The number of hydrogen-bond acceptors (Lipinski definition) is 4. The van der Waals surface area contributed by atoms with E-state index in [1.54, 1.807) is 7.11 Å². The van der Waals surface area contributed by atoms with Gasteiger partial charge in [-0.25, -0.2) is 0 Å². The van der Waals surface area contributed by atoms with Crippen molar-refractivity contribution >= 4 is 17.7 Å². The number of nitrogens with one attached hydrogen (secondary N) is 1. The lowest BCUT2D eigenvalue weighted by Crippen LogP contribution is -2.32. The highest BCUT2D eigenvalue weighted by Gasteiger charge is 2.29. The van der Waals surface area contributed by atoms with Crippen molar-refractivity contribution in [2.75, 3.05) is 19.0 Å². The highest BCUT2D eigenvalue weighted by Crippen LogP contribution is 2.27. The van der Waals surface area contributed by atoms with E-state index in [0.29, 0.717) is 6.61 Å². The highest BCUT2D eigenvalue weighted by atomic mass is 16.5. The van der Waals surface area contributed by atoms with E-state index in [9.17, 15) is 4.79 Å². The van der Waals surface area contributed by atoms with Gasteiger partial charge in [0.1, 0.15) is 11.7 Å². The predicted molar refractivity (Wildman–Crippen MR) is 122 cm³/mol. The standard InChI is InChI=1S/C26H27NO3/c1-3-30-26(28)25(21-12-8-5-9-13-21)24(19-14-20-10-6-4-7-11-20)27-22-15-17-23(29-2)18-16-22/h4-19,24-25,27H,3H2,1-2H3/b19-14+/t24-,25+/m0/s1. The number of methoxy groups -OCH3 is 1. The predicted octanol–water partition coefficient (Wildman–Crippen LogP) is 5.54. The zero-order valence-corrected chi connectivity index (χ0v) is 17.3. The zero-order valence-electron chi connectivity index (χ0n) is 17.3. The van der Waals surface area contributed by atoms with E-state index in [1.807, 2.05) is 104 Å². The molecule has 0 aromatic heterocycles. The molecular weight excluding hydrogens is 374 g/mol. The summed E-state index contributed by atoms with van der Waals surface area (Å²) in [5.74, 6) is 0.0302. The van der Waals surface area contributed by atoms with Gasteiger partial charge in [-0.15, -0.1) is 0 Å². The lowest BCUT2D eigenvalue weighted by molar-refractivity contribution is -0.145. The number of hydrogen-bond donors (Lipinski definition) is 1. The molecule has 0 heterocycles. The van der Waals surface area contributed by atoms with Crippen molar-refractivity contribution < 1.29 is 14.3 Å². The Morgan fingerprint density at radius 1 is 0.933 bits per heavy atom. The third-order valence-electron chi connectivity index (χ3n) is 4.78. The summed E-state index contributed by atoms with van der Waals surface area (Å²) in [4.78, 5) is 13.0. The molecule has 4 heteroatoms. The molecule has 3 aromatic carbocycles. The Labute approximate surface area is 178 Å². The number of anilines is 1. The van der Waals surface area contributed by atoms with Crippen molar-refractivity contribution in [1.82, 2.24) is 0 Å². The molecule has 0 saturated heterocycles. The summed E-state index contributed by atoms with van der Waals surface area (Å²) in [5.41, 5.74) is 2.86. The first-order valence-electron chi connectivity index (χ1n) is 10.1. The molecule has 0 amide bonds. The van der Waals surface area contributed by atoms with Gasteiger partial charge in [0.25, 0.3) is 0 Å². The second-order valence-corrected chi connectivity index (χ2v) is 6.81. The molecule has 0 aliphatic carbocycles. The molecule has 1 N–H and O–H groups in total.